The quantitative estimate of drug-likeness (QED) is 0.701. The number of ether oxygens (including phenoxy) is 2. The van der Waals surface area contributed by atoms with E-state index < -0.39 is 11.9 Å². The van der Waals surface area contributed by atoms with Gasteiger partial charge in [0, 0.05) is 19.5 Å². The Hall–Kier alpha value is -3.02. The Morgan fingerprint density at radius 2 is 1.97 bits per heavy atom. The third-order valence-corrected chi connectivity index (χ3v) is 5.02. The van der Waals surface area contributed by atoms with Crippen LogP contribution >= 0.6 is 0 Å². The van der Waals surface area contributed by atoms with E-state index >= 15 is 0 Å². The SMILES string of the molecule is CCOc1cc(CCN2CC(C(=O)O)CC2=O)ccc1OCc1cccc(C)c1. The molecular formula is C23H27NO5. The molecule has 1 aliphatic rings. The van der Waals surface area contributed by atoms with E-state index in [1.54, 1.807) is 4.90 Å². The Labute approximate surface area is 171 Å². The second kappa shape index (κ2) is 9.45. The molecule has 0 saturated carbocycles. The van der Waals surface area contributed by atoms with Crippen LogP contribution in [0.4, 0.5) is 0 Å². The number of carboxylic acid groups (broad SMARTS) is 1. The van der Waals surface area contributed by atoms with Crippen LogP contribution in [0.15, 0.2) is 42.5 Å². The molecule has 1 N–H and O–H groups in total. The fourth-order valence-electron chi connectivity index (χ4n) is 3.48. The van der Waals surface area contributed by atoms with Gasteiger partial charge in [-0.3, -0.25) is 9.59 Å². The van der Waals surface area contributed by atoms with Crippen LogP contribution in [0.2, 0.25) is 0 Å². The van der Waals surface area contributed by atoms with Crippen LogP contribution in [0, 0.1) is 12.8 Å². The van der Waals surface area contributed by atoms with E-state index in [0.717, 1.165) is 11.1 Å². The van der Waals surface area contributed by atoms with Gasteiger partial charge >= 0.3 is 5.97 Å². The second-order valence-electron chi connectivity index (χ2n) is 7.32. The highest BCUT2D eigenvalue weighted by Gasteiger charge is 2.33. The molecule has 0 spiro atoms. The van der Waals surface area contributed by atoms with Crippen LogP contribution in [0.5, 0.6) is 11.5 Å². The topological polar surface area (TPSA) is 76.1 Å². The van der Waals surface area contributed by atoms with Crippen molar-refractivity contribution in [2.75, 3.05) is 19.7 Å². The zero-order valence-corrected chi connectivity index (χ0v) is 16.9. The van der Waals surface area contributed by atoms with Crippen molar-refractivity contribution in [3.8, 4) is 11.5 Å². The molecule has 2 aromatic carbocycles. The van der Waals surface area contributed by atoms with E-state index in [1.165, 1.54) is 5.56 Å². The maximum Gasteiger partial charge on any atom is 0.308 e. The number of hydrogen-bond acceptors (Lipinski definition) is 4. The van der Waals surface area contributed by atoms with Gasteiger partial charge in [0.15, 0.2) is 11.5 Å². The van der Waals surface area contributed by atoms with Gasteiger partial charge in [-0.15, -0.1) is 0 Å². The molecule has 2 aromatic rings. The van der Waals surface area contributed by atoms with Crippen molar-refractivity contribution in [1.82, 2.24) is 4.90 Å². The molecule has 1 unspecified atom stereocenters. The molecule has 1 aliphatic heterocycles. The average Bonchev–Trinajstić information content (AvgIpc) is 3.07. The van der Waals surface area contributed by atoms with Crippen molar-refractivity contribution in [2.24, 2.45) is 5.92 Å². The lowest BCUT2D eigenvalue weighted by Gasteiger charge is -2.17. The van der Waals surface area contributed by atoms with Gasteiger partial charge in [0.2, 0.25) is 5.91 Å². The summed E-state index contributed by atoms with van der Waals surface area (Å²) < 4.78 is 11.7. The average molecular weight is 397 g/mol. The molecule has 0 bridgehead atoms. The summed E-state index contributed by atoms with van der Waals surface area (Å²) >= 11 is 0. The Morgan fingerprint density at radius 1 is 1.14 bits per heavy atom. The molecular weight excluding hydrogens is 370 g/mol. The van der Waals surface area contributed by atoms with Crippen molar-refractivity contribution in [3.63, 3.8) is 0 Å². The van der Waals surface area contributed by atoms with Gasteiger partial charge in [-0.05, 0) is 43.5 Å². The van der Waals surface area contributed by atoms with Crippen LogP contribution in [-0.4, -0.2) is 41.6 Å². The van der Waals surface area contributed by atoms with Gasteiger partial charge in [-0.1, -0.05) is 35.9 Å². The number of rotatable bonds is 9. The number of carbonyl (C=O) groups is 2. The Kier molecular flexibility index (Phi) is 6.75. The van der Waals surface area contributed by atoms with Crippen molar-refractivity contribution < 1.29 is 24.2 Å². The van der Waals surface area contributed by atoms with Crippen LogP contribution in [0.25, 0.3) is 0 Å². The minimum Gasteiger partial charge on any atom is -0.490 e. The maximum atomic E-state index is 12.0. The van der Waals surface area contributed by atoms with Gasteiger partial charge in [0.25, 0.3) is 0 Å². The molecule has 6 heteroatoms. The van der Waals surface area contributed by atoms with E-state index in [-0.39, 0.29) is 18.9 Å². The van der Waals surface area contributed by atoms with E-state index in [2.05, 4.69) is 6.07 Å². The molecule has 3 rings (SSSR count). The minimum absolute atomic E-state index is 0.0886. The summed E-state index contributed by atoms with van der Waals surface area (Å²) in [5.74, 6) is -0.247. The molecule has 6 nitrogen and oxygen atoms in total. The largest absolute Gasteiger partial charge is 0.490 e. The van der Waals surface area contributed by atoms with Gasteiger partial charge in [0.1, 0.15) is 6.61 Å². The number of aliphatic carboxylic acids is 1. The normalized spacial score (nSPS) is 16.1. The zero-order valence-electron chi connectivity index (χ0n) is 16.9. The van der Waals surface area contributed by atoms with Crippen molar-refractivity contribution >= 4 is 11.9 Å². The number of hydrogen-bond donors (Lipinski definition) is 1. The first-order valence-corrected chi connectivity index (χ1v) is 9.91. The molecule has 154 valence electrons. The predicted molar refractivity (Wildman–Crippen MR) is 109 cm³/mol. The third-order valence-electron chi connectivity index (χ3n) is 5.02. The van der Waals surface area contributed by atoms with Gasteiger partial charge in [0.05, 0.1) is 12.5 Å². The maximum absolute atomic E-state index is 12.0. The van der Waals surface area contributed by atoms with Gasteiger partial charge in [-0.2, -0.15) is 0 Å². The van der Waals surface area contributed by atoms with E-state index in [1.807, 2.05) is 50.2 Å². The Bertz CT molecular complexity index is 879. The highest BCUT2D eigenvalue weighted by molar-refractivity contribution is 5.86. The zero-order chi connectivity index (χ0) is 20.8. The number of nitrogens with zero attached hydrogens (tertiary/aromatic N) is 1. The highest BCUT2D eigenvalue weighted by atomic mass is 16.5. The first-order chi connectivity index (χ1) is 14.0. The minimum atomic E-state index is -0.908. The summed E-state index contributed by atoms with van der Waals surface area (Å²) in [6.07, 6.45) is 0.724. The summed E-state index contributed by atoms with van der Waals surface area (Å²) in [6.45, 7) is 5.73. The number of amides is 1. The van der Waals surface area contributed by atoms with E-state index in [0.29, 0.717) is 37.7 Å². The first-order valence-electron chi connectivity index (χ1n) is 9.91. The lowest BCUT2D eigenvalue weighted by molar-refractivity contribution is -0.141. The third kappa shape index (κ3) is 5.50. The molecule has 0 aromatic heterocycles. The van der Waals surface area contributed by atoms with E-state index in [4.69, 9.17) is 14.6 Å². The molecule has 29 heavy (non-hydrogen) atoms. The second-order valence-corrected chi connectivity index (χ2v) is 7.32. The fourth-order valence-corrected chi connectivity index (χ4v) is 3.48. The Balaban J connectivity index is 1.63. The van der Waals surface area contributed by atoms with E-state index in [9.17, 15) is 9.59 Å². The van der Waals surface area contributed by atoms with Gasteiger partial charge < -0.3 is 19.5 Å². The number of aryl methyl sites for hydroxylation is 1. The molecule has 0 aliphatic carbocycles. The highest BCUT2D eigenvalue weighted by Crippen LogP contribution is 2.30. The van der Waals surface area contributed by atoms with Crippen LogP contribution < -0.4 is 9.47 Å². The summed E-state index contributed by atoms with van der Waals surface area (Å²) in [4.78, 5) is 24.7. The van der Waals surface area contributed by atoms with Crippen molar-refractivity contribution in [1.29, 1.82) is 0 Å². The molecule has 0 radical (unpaired) electrons. The summed E-state index contributed by atoms with van der Waals surface area (Å²) in [6, 6.07) is 14.0. The Morgan fingerprint density at radius 3 is 2.66 bits per heavy atom. The number of benzene rings is 2. The molecule has 1 amide bonds. The standard InChI is InChI=1S/C23H27NO5/c1-3-28-21-12-17(9-10-24-14-19(23(26)27)13-22(24)25)7-8-20(21)29-15-18-6-4-5-16(2)11-18/h4-8,11-12,19H,3,9-10,13-15H2,1-2H3,(H,26,27). The lowest BCUT2D eigenvalue weighted by Crippen LogP contribution is -2.28. The summed E-state index contributed by atoms with van der Waals surface area (Å²) in [7, 11) is 0. The number of carbonyl (C=O) groups excluding carboxylic acids is 1. The van der Waals surface area contributed by atoms with Gasteiger partial charge in [-0.25, -0.2) is 0 Å². The van der Waals surface area contributed by atoms with Crippen molar-refractivity contribution in [2.45, 2.75) is 33.3 Å². The molecule has 1 heterocycles. The lowest BCUT2D eigenvalue weighted by atomic mass is 10.1. The van der Waals surface area contributed by atoms with Crippen molar-refractivity contribution in [3.05, 3.63) is 59.2 Å². The predicted octanol–water partition coefficient (Wildman–Crippen LogP) is 3.45. The molecule has 1 atom stereocenters. The molecule has 1 saturated heterocycles. The van der Waals surface area contributed by atoms with Crippen LogP contribution in [0.3, 0.4) is 0 Å². The summed E-state index contributed by atoms with van der Waals surface area (Å²) in [5.41, 5.74) is 3.30. The fraction of sp³-hybridized carbons (Fsp3) is 0.391. The van der Waals surface area contributed by atoms with Crippen LogP contribution in [0.1, 0.15) is 30.0 Å². The monoisotopic (exact) mass is 397 g/mol. The smallest absolute Gasteiger partial charge is 0.308 e. The molecule has 1 fully saturated rings. The van der Waals surface area contributed by atoms with Crippen LogP contribution in [-0.2, 0) is 22.6 Å². The summed E-state index contributed by atoms with van der Waals surface area (Å²) in [5, 5.41) is 9.10. The number of carboxylic acids is 1. The number of likely N-dealkylation sites (tertiary alicyclic amines) is 1. The first kappa shape index (κ1) is 20.7.